The van der Waals surface area contributed by atoms with E-state index in [0.717, 1.165) is 5.56 Å². The highest BCUT2D eigenvalue weighted by molar-refractivity contribution is 7.93. The van der Waals surface area contributed by atoms with Crippen LogP contribution in [0.5, 0.6) is 0 Å². The van der Waals surface area contributed by atoms with E-state index in [9.17, 15) is 13.2 Å². The van der Waals surface area contributed by atoms with Crippen LogP contribution in [0.1, 0.15) is 11.1 Å². The molecule has 0 spiro atoms. The van der Waals surface area contributed by atoms with Crippen LogP contribution in [0.25, 0.3) is 10.8 Å². The standard InChI is InChI=1S/C18H12ClN3O3S/c19-14-10-21-18(23)13-2-1-3-16(17(13)14)26(24,25)22-7-6-12-5-4-11(9-20)8-15(12)22/h1-5,8,10H,6-7H2,(H,21,23). The lowest BCUT2D eigenvalue weighted by molar-refractivity contribution is 0.593. The highest BCUT2D eigenvalue weighted by Gasteiger charge is 2.32. The summed E-state index contributed by atoms with van der Waals surface area (Å²) in [5.74, 6) is 0. The summed E-state index contributed by atoms with van der Waals surface area (Å²) in [5.41, 5.74) is 1.33. The summed E-state index contributed by atoms with van der Waals surface area (Å²) in [6.45, 7) is 0.268. The zero-order valence-corrected chi connectivity index (χ0v) is 14.9. The van der Waals surface area contributed by atoms with Gasteiger partial charge in [-0.2, -0.15) is 5.26 Å². The van der Waals surface area contributed by atoms with Crippen LogP contribution < -0.4 is 9.86 Å². The van der Waals surface area contributed by atoms with Gasteiger partial charge in [0.25, 0.3) is 15.6 Å². The number of rotatable bonds is 2. The number of halogens is 1. The normalized spacial score (nSPS) is 13.6. The number of benzene rings is 2. The minimum Gasteiger partial charge on any atom is -0.327 e. The molecule has 26 heavy (non-hydrogen) atoms. The predicted octanol–water partition coefficient (Wildman–Crippen LogP) is 2.80. The molecule has 0 saturated carbocycles. The molecule has 0 aliphatic carbocycles. The number of pyridine rings is 1. The molecule has 4 rings (SSSR count). The topological polar surface area (TPSA) is 94.0 Å². The second-order valence-corrected chi connectivity index (χ2v) is 8.16. The van der Waals surface area contributed by atoms with Crippen molar-refractivity contribution in [1.82, 2.24) is 4.98 Å². The molecule has 0 fully saturated rings. The van der Waals surface area contributed by atoms with Crippen molar-refractivity contribution in [3.8, 4) is 6.07 Å². The Morgan fingerprint density at radius 2 is 2.04 bits per heavy atom. The number of nitrogens with zero attached hydrogens (tertiary/aromatic N) is 2. The largest absolute Gasteiger partial charge is 0.327 e. The number of nitrogens with one attached hydrogen (secondary N) is 1. The monoisotopic (exact) mass is 385 g/mol. The van der Waals surface area contributed by atoms with E-state index < -0.39 is 15.6 Å². The number of anilines is 1. The molecule has 1 aliphatic rings. The molecule has 0 saturated heterocycles. The van der Waals surface area contributed by atoms with E-state index in [1.54, 1.807) is 18.2 Å². The van der Waals surface area contributed by atoms with Gasteiger partial charge in [-0.3, -0.25) is 9.10 Å². The number of sulfonamides is 1. The lowest BCUT2D eigenvalue weighted by atomic mass is 10.1. The van der Waals surface area contributed by atoms with E-state index in [4.69, 9.17) is 16.9 Å². The Labute approximate surface area is 154 Å². The molecule has 1 aromatic heterocycles. The van der Waals surface area contributed by atoms with Gasteiger partial charge < -0.3 is 4.98 Å². The average molecular weight is 386 g/mol. The molecule has 0 radical (unpaired) electrons. The highest BCUT2D eigenvalue weighted by Crippen LogP contribution is 2.36. The lowest BCUT2D eigenvalue weighted by Crippen LogP contribution is -2.29. The first-order chi connectivity index (χ1) is 12.4. The number of fused-ring (bicyclic) bond motifs is 2. The molecule has 1 aliphatic heterocycles. The maximum absolute atomic E-state index is 13.3. The fourth-order valence-electron chi connectivity index (χ4n) is 3.25. The molecule has 0 amide bonds. The summed E-state index contributed by atoms with van der Waals surface area (Å²) in [6.07, 6.45) is 1.84. The van der Waals surface area contributed by atoms with Crippen molar-refractivity contribution in [2.24, 2.45) is 0 Å². The zero-order chi connectivity index (χ0) is 18.5. The van der Waals surface area contributed by atoms with Crippen LogP contribution in [0.4, 0.5) is 5.69 Å². The van der Waals surface area contributed by atoms with Gasteiger partial charge in [0.2, 0.25) is 0 Å². The van der Waals surface area contributed by atoms with Gasteiger partial charge in [-0.15, -0.1) is 0 Å². The molecule has 8 heteroatoms. The van der Waals surface area contributed by atoms with E-state index >= 15 is 0 Å². The lowest BCUT2D eigenvalue weighted by Gasteiger charge is -2.21. The Hall–Kier alpha value is -2.82. The molecular formula is C18H12ClN3O3S. The Bertz CT molecular complexity index is 1260. The number of aromatic amines is 1. The van der Waals surface area contributed by atoms with Crippen LogP contribution in [-0.4, -0.2) is 19.9 Å². The van der Waals surface area contributed by atoms with Gasteiger partial charge in [-0.25, -0.2) is 8.42 Å². The zero-order valence-electron chi connectivity index (χ0n) is 13.4. The van der Waals surface area contributed by atoms with Gasteiger partial charge in [0, 0.05) is 23.5 Å². The fraction of sp³-hybridized carbons (Fsp3) is 0.111. The minimum absolute atomic E-state index is 0.0266. The Balaban J connectivity index is 1.97. The van der Waals surface area contributed by atoms with Gasteiger partial charge in [0.15, 0.2) is 0 Å². The summed E-state index contributed by atoms with van der Waals surface area (Å²) >= 11 is 6.20. The smallest absolute Gasteiger partial charge is 0.265 e. The number of H-pyrrole nitrogens is 1. The predicted molar refractivity (Wildman–Crippen MR) is 99.0 cm³/mol. The summed E-state index contributed by atoms with van der Waals surface area (Å²) < 4.78 is 28.0. The first-order valence-electron chi connectivity index (χ1n) is 7.79. The number of hydrogen-bond acceptors (Lipinski definition) is 4. The van der Waals surface area contributed by atoms with Gasteiger partial charge in [-0.1, -0.05) is 23.7 Å². The van der Waals surface area contributed by atoms with Crippen molar-refractivity contribution in [3.05, 3.63) is 69.1 Å². The quantitative estimate of drug-likeness (QED) is 0.733. The van der Waals surface area contributed by atoms with Crippen molar-refractivity contribution in [3.63, 3.8) is 0 Å². The highest BCUT2D eigenvalue weighted by atomic mass is 35.5. The van der Waals surface area contributed by atoms with Gasteiger partial charge in [0.05, 0.1) is 27.2 Å². The maximum atomic E-state index is 13.3. The molecule has 1 N–H and O–H groups in total. The maximum Gasteiger partial charge on any atom is 0.265 e. The summed E-state index contributed by atoms with van der Waals surface area (Å²) in [4.78, 5) is 14.5. The molecule has 3 aromatic rings. The second kappa shape index (κ2) is 5.87. The van der Waals surface area contributed by atoms with Crippen LogP contribution in [-0.2, 0) is 16.4 Å². The van der Waals surface area contributed by atoms with E-state index in [1.807, 2.05) is 6.07 Å². The SMILES string of the molecule is N#Cc1ccc2c(c1)N(S(=O)(=O)c1cccc3c(=O)[nH]cc(Cl)c13)CC2. The summed E-state index contributed by atoms with van der Waals surface area (Å²) in [6, 6.07) is 11.5. The Kier molecular flexibility index (Phi) is 3.75. The van der Waals surface area contributed by atoms with Crippen LogP contribution >= 0.6 is 11.6 Å². The molecule has 0 bridgehead atoms. The molecule has 6 nitrogen and oxygen atoms in total. The number of aromatic nitrogens is 1. The second-order valence-electron chi connectivity index (χ2n) is 5.93. The third kappa shape index (κ3) is 2.38. The first kappa shape index (κ1) is 16.6. The third-order valence-corrected chi connectivity index (χ3v) is 6.63. The van der Waals surface area contributed by atoms with Crippen LogP contribution in [0.15, 0.2) is 52.3 Å². The van der Waals surface area contributed by atoms with Crippen molar-refractivity contribution in [1.29, 1.82) is 5.26 Å². The summed E-state index contributed by atoms with van der Waals surface area (Å²) in [7, 11) is -3.96. The number of nitriles is 1. The van der Waals surface area contributed by atoms with E-state index in [-0.39, 0.29) is 27.2 Å². The van der Waals surface area contributed by atoms with Crippen molar-refractivity contribution < 1.29 is 8.42 Å². The molecule has 0 unspecified atom stereocenters. The average Bonchev–Trinajstić information content (AvgIpc) is 3.08. The van der Waals surface area contributed by atoms with Gasteiger partial charge in [0.1, 0.15) is 0 Å². The third-order valence-electron chi connectivity index (χ3n) is 4.48. The minimum atomic E-state index is -3.96. The van der Waals surface area contributed by atoms with Crippen LogP contribution in [0.3, 0.4) is 0 Å². The van der Waals surface area contributed by atoms with Gasteiger partial charge >= 0.3 is 0 Å². The van der Waals surface area contributed by atoms with Crippen molar-refractivity contribution >= 4 is 38.1 Å². The van der Waals surface area contributed by atoms with E-state index in [1.165, 1.54) is 28.7 Å². The Morgan fingerprint density at radius 3 is 2.81 bits per heavy atom. The van der Waals surface area contributed by atoms with Crippen molar-refractivity contribution in [2.75, 3.05) is 10.8 Å². The van der Waals surface area contributed by atoms with Crippen molar-refractivity contribution in [2.45, 2.75) is 11.3 Å². The molecule has 2 aromatic carbocycles. The van der Waals surface area contributed by atoms with Crippen LogP contribution in [0.2, 0.25) is 5.02 Å². The number of hydrogen-bond donors (Lipinski definition) is 1. The van der Waals surface area contributed by atoms with E-state index in [0.29, 0.717) is 17.7 Å². The fourth-order valence-corrected chi connectivity index (χ4v) is 5.29. The first-order valence-corrected chi connectivity index (χ1v) is 9.61. The molecule has 130 valence electrons. The molecule has 0 atom stereocenters. The molecular weight excluding hydrogens is 374 g/mol. The van der Waals surface area contributed by atoms with Gasteiger partial charge in [-0.05, 0) is 36.2 Å². The summed E-state index contributed by atoms with van der Waals surface area (Å²) in [5, 5.41) is 9.67. The Morgan fingerprint density at radius 1 is 1.23 bits per heavy atom. The van der Waals surface area contributed by atoms with E-state index in [2.05, 4.69) is 4.98 Å². The van der Waals surface area contributed by atoms with Crippen LogP contribution in [0, 0.1) is 11.3 Å². The molecule has 2 heterocycles.